The van der Waals surface area contributed by atoms with Gasteiger partial charge in [-0.25, -0.2) is 0 Å². The van der Waals surface area contributed by atoms with Gasteiger partial charge in [0.2, 0.25) is 11.8 Å². The van der Waals surface area contributed by atoms with E-state index in [9.17, 15) is 31.2 Å². The Morgan fingerprint density at radius 1 is 1.10 bits per heavy atom. The van der Waals surface area contributed by atoms with Gasteiger partial charge in [0.05, 0.1) is 6.61 Å². The van der Waals surface area contributed by atoms with Crippen molar-refractivity contribution in [1.29, 1.82) is 0 Å². The third kappa shape index (κ3) is 4.44. The van der Waals surface area contributed by atoms with Crippen LogP contribution in [0, 0.1) is 0 Å². The number of hydrogen-bond donors (Lipinski definition) is 0. The number of halogens is 3. The van der Waals surface area contributed by atoms with Gasteiger partial charge in [-0.15, -0.1) is 0 Å². The van der Waals surface area contributed by atoms with Crippen molar-refractivity contribution in [2.24, 2.45) is 0 Å². The maximum atomic E-state index is 11.9. The monoisotopic (exact) mass is 317 g/mol. The van der Waals surface area contributed by atoms with Crippen LogP contribution in [0.4, 0.5) is 13.2 Å². The molecular formula is C10H14F3NO5S. The average Bonchev–Trinajstić information content (AvgIpc) is 2.30. The predicted octanol–water partition coefficient (Wildman–Crippen LogP) is 1.17. The normalized spacial score (nSPS) is 17.6. The number of carbonyl (C=O) groups excluding carboxylic acids is 2. The Bertz CT molecular complexity index is 458. The molecule has 0 saturated carbocycles. The maximum absolute atomic E-state index is 11.9. The van der Waals surface area contributed by atoms with Gasteiger partial charge in [0.15, 0.2) is 0 Å². The molecule has 1 fully saturated rings. The SMILES string of the molecule is O=C1CCCC(=O)N1CCCCOS(=O)(=O)C(F)(F)F. The molecule has 20 heavy (non-hydrogen) atoms. The van der Waals surface area contributed by atoms with Gasteiger partial charge in [-0.05, 0) is 19.3 Å². The highest BCUT2D eigenvalue weighted by Gasteiger charge is 2.47. The molecule has 0 aromatic heterocycles. The summed E-state index contributed by atoms with van der Waals surface area (Å²) in [5.74, 6) is -0.629. The number of alkyl halides is 3. The van der Waals surface area contributed by atoms with Gasteiger partial charge < -0.3 is 0 Å². The third-order valence-electron chi connectivity index (χ3n) is 2.68. The van der Waals surface area contributed by atoms with Gasteiger partial charge in [0, 0.05) is 19.4 Å². The van der Waals surface area contributed by atoms with Crippen molar-refractivity contribution in [2.45, 2.75) is 37.6 Å². The second kappa shape index (κ2) is 6.53. The molecule has 10 heteroatoms. The number of hydrogen-bond acceptors (Lipinski definition) is 5. The summed E-state index contributed by atoms with van der Waals surface area (Å²) in [7, 11) is -5.57. The van der Waals surface area contributed by atoms with E-state index < -0.39 is 22.2 Å². The standard InChI is InChI=1S/C10H14F3NO5S/c11-10(12,13)20(17,18)19-7-2-1-6-14-8(15)4-3-5-9(14)16/h1-7H2. The first kappa shape index (κ1) is 16.9. The number of nitrogens with zero attached hydrogens (tertiary/aromatic N) is 1. The van der Waals surface area contributed by atoms with Crippen LogP contribution >= 0.6 is 0 Å². The van der Waals surface area contributed by atoms with Crippen molar-refractivity contribution in [2.75, 3.05) is 13.2 Å². The highest BCUT2D eigenvalue weighted by molar-refractivity contribution is 7.87. The fourth-order valence-electron chi connectivity index (χ4n) is 1.66. The lowest BCUT2D eigenvalue weighted by atomic mass is 10.1. The first-order chi connectivity index (χ1) is 9.15. The number of unbranched alkanes of at least 4 members (excludes halogenated alkanes) is 1. The molecule has 0 N–H and O–H groups in total. The lowest BCUT2D eigenvalue weighted by Gasteiger charge is -2.24. The van der Waals surface area contributed by atoms with Crippen molar-refractivity contribution in [3.63, 3.8) is 0 Å². The van der Waals surface area contributed by atoms with E-state index in [0.29, 0.717) is 6.42 Å². The van der Waals surface area contributed by atoms with E-state index in [1.807, 2.05) is 0 Å². The zero-order chi connectivity index (χ0) is 15.4. The van der Waals surface area contributed by atoms with E-state index in [4.69, 9.17) is 0 Å². The van der Waals surface area contributed by atoms with Crippen LogP contribution in [0.1, 0.15) is 32.1 Å². The zero-order valence-corrected chi connectivity index (χ0v) is 11.3. The molecule has 6 nitrogen and oxygen atoms in total. The Morgan fingerprint density at radius 2 is 1.65 bits per heavy atom. The van der Waals surface area contributed by atoms with Crippen LogP contribution in [0.2, 0.25) is 0 Å². The highest BCUT2D eigenvalue weighted by atomic mass is 32.2. The number of likely N-dealkylation sites (tertiary alicyclic amines) is 1. The Labute approximate surface area is 114 Å². The molecule has 116 valence electrons. The molecule has 0 aliphatic carbocycles. The lowest BCUT2D eigenvalue weighted by molar-refractivity contribution is -0.148. The summed E-state index contributed by atoms with van der Waals surface area (Å²) in [6, 6.07) is 0. The van der Waals surface area contributed by atoms with Gasteiger partial charge in [-0.3, -0.25) is 18.7 Å². The number of amides is 2. The van der Waals surface area contributed by atoms with Gasteiger partial charge in [-0.2, -0.15) is 21.6 Å². The van der Waals surface area contributed by atoms with Gasteiger partial charge in [0.25, 0.3) is 0 Å². The molecule has 0 bridgehead atoms. The fourth-order valence-corrected chi connectivity index (χ4v) is 2.13. The third-order valence-corrected chi connectivity index (χ3v) is 3.73. The first-order valence-electron chi connectivity index (χ1n) is 5.94. The van der Waals surface area contributed by atoms with E-state index in [1.165, 1.54) is 0 Å². The highest BCUT2D eigenvalue weighted by Crippen LogP contribution is 2.24. The molecule has 0 aromatic rings. The minimum Gasteiger partial charge on any atom is -0.283 e. The number of rotatable bonds is 6. The molecule has 1 rings (SSSR count). The van der Waals surface area contributed by atoms with Gasteiger partial charge in [-0.1, -0.05) is 0 Å². The molecule has 0 spiro atoms. The zero-order valence-electron chi connectivity index (χ0n) is 10.5. The Kier molecular flexibility index (Phi) is 5.51. The molecular weight excluding hydrogens is 303 g/mol. The first-order valence-corrected chi connectivity index (χ1v) is 7.35. The van der Waals surface area contributed by atoms with Crippen molar-refractivity contribution < 1.29 is 35.4 Å². The number of carbonyl (C=O) groups is 2. The summed E-state index contributed by atoms with van der Waals surface area (Å²) in [4.78, 5) is 23.8. The van der Waals surface area contributed by atoms with Crippen molar-refractivity contribution in [1.82, 2.24) is 4.90 Å². The van der Waals surface area contributed by atoms with E-state index in [-0.39, 0.29) is 44.0 Å². The summed E-state index contributed by atoms with van der Waals surface area (Å²) >= 11 is 0. The van der Waals surface area contributed by atoms with E-state index >= 15 is 0 Å². The summed E-state index contributed by atoms with van der Waals surface area (Å²) in [6.07, 6.45) is 1.22. The van der Waals surface area contributed by atoms with Gasteiger partial charge in [0.1, 0.15) is 0 Å². The molecule has 1 heterocycles. The number of imide groups is 1. The molecule has 0 radical (unpaired) electrons. The topological polar surface area (TPSA) is 80.8 Å². The number of piperidine rings is 1. The van der Waals surface area contributed by atoms with E-state index in [2.05, 4.69) is 4.18 Å². The molecule has 1 aliphatic rings. The van der Waals surface area contributed by atoms with Crippen LogP contribution < -0.4 is 0 Å². The van der Waals surface area contributed by atoms with E-state index in [0.717, 1.165) is 4.90 Å². The molecule has 1 aliphatic heterocycles. The largest absolute Gasteiger partial charge is 0.523 e. The smallest absolute Gasteiger partial charge is 0.283 e. The molecule has 2 amide bonds. The van der Waals surface area contributed by atoms with Crippen LogP contribution in [0.25, 0.3) is 0 Å². The second-order valence-corrected chi connectivity index (χ2v) is 5.83. The van der Waals surface area contributed by atoms with Gasteiger partial charge >= 0.3 is 15.6 Å². The average molecular weight is 317 g/mol. The van der Waals surface area contributed by atoms with Crippen LogP contribution in [-0.2, 0) is 23.9 Å². The molecule has 0 aromatic carbocycles. The summed E-state index contributed by atoms with van der Waals surface area (Å²) in [6.45, 7) is -0.578. The Balaban J connectivity index is 2.29. The summed E-state index contributed by atoms with van der Waals surface area (Å²) < 4.78 is 60.7. The molecule has 0 unspecified atom stereocenters. The molecule has 1 saturated heterocycles. The van der Waals surface area contributed by atoms with Crippen molar-refractivity contribution in [3.8, 4) is 0 Å². The molecule has 0 atom stereocenters. The predicted molar refractivity (Wildman–Crippen MR) is 60.7 cm³/mol. The van der Waals surface area contributed by atoms with Crippen molar-refractivity contribution >= 4 is 21.9 Å². The minimum absolute atomic E-state index is 0.00757. The van der Waals surface area contributed by atoms with Crippen LogP contribution in [-0.4, -0.2) is 43.8 Å². The summed E-state index contributed by atoms with van der Waals surface area (Å²) in [5.41, 5.74) is -5.44. The quantitative estimate of drug-likeness (QED) is 0.318. The lowest BCUT2D eigenvalue weighted by Crippen LogP contribution is -2.40. The Morgan fingerprint density at radius 3 is 2.15 bits per heavy atom. The minimum atomic E-state index is -5.57. The van der Waals surface area contributed by atoms with Crippen molar-refractivity contribution in [3.05, 3.63) is 0 Å². The maximum Gasteiger partial charge on any atom is 0.523 e. The second-order valence-electron chi connectivity index (χ2n) is 4.22. The summed E-state index contributed by atoms with van der Waals surface area (Å²) in [5, 5.41) is 0. The van der Waals surface area contributed by atoms with Crippen LogP contribution in [0.5, 0.6) is 0 Å². The Hall–Kier alpha value is -1.16. The van der Waals surface area contributed by atoms with Crippen LogP contribution in [0.3, 0.4) is 0 Å². The van der Waals surface area contributed by atoms with E-state index in [1.54, 1.807) is 0 Å². The fraction of sp³-hybridized carbons (Fsp3) is 0.800. The van der Waals surface area contributed by atoms with Crippen LogP contribution in [0.15, 0.2) is 0 Å².